The van der Waals surface area contributed by atoms with Crippen LogP contribution in [0.1, 0.15) is 17.2 Å². The van der Waals surface area contributed by atoms with Crippen LogP contribution in [0.2, 0.25) is 5.02 Å². The zero-order chi connectivity index (χ0) is 10.8. The average molecular weight is 223 g/mol. The van der Waals surface area contributed by atoms with Gasteiger partial charge in [-0.1, -0.05) is 23.7 Å². The summed E-state index contributed by atoms with van der Waals surface area (Å²) in [5, 5.41) is 14.7. The molecule has 1 unspecified atom stereocenters. The van der Waals surface area contributed by atoms with Gasteiger partial charge in [-0.2, -0.15) is 5.10 Å². The minimum absolute atomic E-state index is 0.643. The van der Waals surface area contributed by atoms with Gasteiger partial charge < -0.3 is 5.11 Å². The Labute approximate surface area is 92.9 Å². The lowest BCUT2D eigenvalue weighted by Gasteiger charge is -2.08. The van der Waals surface area contributed by atoms with Crippen molar-refractivity contribution in [2.24, 2.45) is 7.05 Å². The van der Waals surface area contributed by atoms with Gasteiger partial charge in [0.2, 0.25) is 0 Å². The predicted molar refractivity (Wildman–Crippen MR) is 58.7 cm³/mol. The fourth-order valence-electron chi connectivity index (χ4n) is 1.42. The number of aryl methyl sites for hydroxylation is 1. The molecule has 0 bridgehead atoms. The van der Waals surface area contributed by atoms with Crippen LogP contribution in [-0.4, -0.2) is 14.9 Å². The number of halogens is 1. The first-order valence-electron chi connectivity index (χ1n) is 4.59. The van der Waals surface area contributed by atoms with E-state index in [1.54, 1.807) is 41.3 Å². The zero-order valence-corrected chi connectivity index (χ0v) is 9.02. The molecule has 0 amide bonds. The Hall–Kier alpha value is -1.32. The van der Waals surface area contributed by atoms with E-state index in [2.05, 4.69) is 5.10 Å². The van der Waals surface area contributed by atoms with Crippen LogP contribution in [0.3, 0.4) is 0 Å². The summed E-state index contributed by atoms with van der Waals surface area (Å²) in [5.41, 5.74) is 1.59. The zero-order valence-electron chi connectivity index (χ0n) is 8.26. The van der Waals surface area contributed by atoms with Crippen molar-refractivity contribution in [2.75, 3.05) is 0 Å². The first-order chi connectivity index (χ1) is 7.16. The van der Waals surface area contributed by atoms with Crippen LogP contribution >= 0.6 is 11.6 Å². The van der Waals surface area contributed by atoms with Crippen LogP contribution in [0.5, 0.6) is 0 Å². The van der Waals surface area contributed by atoms with E-state index in [9.17, 15) is 5.11 Å². The number of hydrogen-bond donors (Lipinski definition) is 1. The molecule has 0 saturated carbocycles. The highest BCUT2D eigenvalue weighted by molar-refractivity contribution is 6.30. The summed E-state index contributed by atoms with van der Waals surface area (Å²) >= 11 is 5.77. The van der Waals surface area contributed by atoms with Crippen molar-refractivity contribution in [3.8, 4) is 0 Å². The van der Waals surface area contributed by atoms with E-state index in [0.717, 1.165) is 11.1 Å². The minimum atomic E-state index is -0.643. The van der Waals surface area contributed by atoms with Gasteiger partial charge in [0.15, 0.2) is 0 Å². The van der Waals surface area contributed by atoms with Crippen LogP contribution in [-0.2, 0) is 7.05 Å². The van der Waals surface area contributed by atoms with Gasteiger partial charge in [0, 0.05) is 23.8 Å². The van der Waals surface area contributed by atoms with Crippen molar-refractivity contribution in [3.05, 3.63) is 52.8 Å². The lowest BCUT2D eigenvalue weighted by Crippen LogP contribution is -1.97. The third-order valence-corrected chi connectivity index (χ3v) is 2.48. The monoisotopic (exact) mass is 222 g/mol. The van der Waals surface area contributed by atoms with E-state index in [0.29, 0.717) is 5.02 Å². The molecule has 3 nitrogen and oxygen atoms in total. The summed E-state index contributed by atoms with van der Waals surface area (Å²) in [6.45, 7) is 0. The highest BCUT2D eigenvalue weighted by atomic mass is 35.5. The molecular weight excluding hydrogens is 212 g/mol. The Morgan fingerprint density at radius 2 is 1.93 bits per heavy atom. The van der Waals surface area contributed by atoms with Crippen molar-refractivity contribution in [3.63, 3.8) is 0 Å². The maximum atomic E-state index is 10.00. The van der Waals surface area contributed by atoms with Gasteiger partial charge in [-0.3, -0.25) is 4.68 Å². The molecule has 1 atom stereocenters. The Morgan fingerprint density at radius 1 is 1.27 bits per heavy atom. The third-order valence-electron chi connectivity index (χ3n) is 2.23. The van der Waals surface area contributed by atoms with E-state index < -0.39 is 6.10 Å². The molecule has 1 N–H and O–H groups in total. The second-order valence-electron chi connectivity index (χ2n) is 3.40. The Kier molecular flexibility index (Phi) is 2.75. The Morgan fingerprint density at radius 3 is 2.47 bits per heavy atom. The van der Waals surface area contributed by atoms with E-state index in [4.69, 9.17) is 11.6 Å². The van der Waals surface area contributed by atoms with Crippen LogP contribution < -0.4 is 0 Å². The summed E-state index contributed by atoms with van der Waals surface area (Å²) < 4.78 is 1.66. The van der Waals surface area contributed by atoms with Crippen LogP contribution in [0.15, 0.2) is 36.7 Å². The number of rotatable bonds is 2. The van der Waals surface area contributed by atoms with Crippen molar-refractivity contribution < 1.29 is 5.11 Å². The smallest absolute Gasteiger partial charge is 0.107 e. The van der Waals surface area contributed by atoms with Crippen LogP contribution in [0, 0.1) is 0 Å². The third kappa shape index (κ3) is 2.19. The van der Waals surface area contributed by atoms with Gasteiger partial charge in [-0.05, 0) is 17.7 Å². The van der Waals surface area contributed by atoms with Crippen molar-refractivity contribution in [1.82, 2.24) is 9.78 Å². The predicted octanol–water partition coefficient (Wildman–Crippen LogP) is 2.16. The molecule has 0 saturated heterocycles. The highest BCUT2D eigenvalue weighted by Gasteiger charge is 2.11. The molecule has 0 fully saturated rings. The number of benzene rings is 1. The van der Waals surface area contributed by atoms with Crippen molar-refractivity contribution >= 4 is 11.6 Å². The molecule has 1 heterocycles. The van der Waals surface area contributed by atoms with Gasteiger partial charge in [-0.15, -0.1) is 0 Å². The Bertz CT molecular complexity index is 450. The summed E-state index contributed by atoms with van der Waals surface area (Å²) in [6.07, 6.45) is 2.80. The summed E-state index contributed by atoms with van der Waals surface area (Å²) in [7, 11) is 1.82. The van der Waals surface area contributed by atoms with E-state index in [-0.39, 0.29) is 0 Å². The maximum Gasteiger partial charge on any atom is 0.107 e. The molecule has 2 aromatic rings. The quantitative estimate of drug-likeness (QED) is 0.846. The molecule has 1 aromatic heterocycles. The van der Waals surface area contributed by atoms with E-state index in [1.807, 2.05) is 7.05 Å². The van der Waals surface area contributed by atoms with Gasteiger partial charge in [-0.25, -0.2) is 0 Å². The first-order valence-corrected chi connectivity index (χ1v) is 4.96. The minimum Gasteiger partial charge on any atom is -0.384 e. The molecule has 2 rings (SSSR count). The molecule has 0 aliphatic rings. The molecule has 0 aliphatic carbocycles. The number of aromatic nitrogens is 2. The van der Waals surface area contributed by atoms with Gasteiger partial charge in [0.1, 0.15) is 6.10 Å². The highest BCUT2D eigenvalue weighted by Crippen LogP contribution is 2.22. The lowest BCUT2D eigenvalue weighted by atomic mass is 10.1. The average Bonchev–Trinajstić information content (AvgIpc) is 2.65. The largest absolute Gasteiger partial charge is 0.384 e. The standard InChI is InChI=1S/C11H11ClN2O/c1-14-7-9(6-13-14)11(15)8-2-4-10(12)5-3-8/h2-7,11,15H,1H3. The van der Waals surface area contributed by atoms with Gasteiger partial charge in [0.25, 0.3) is 0 Å². The van der Waals surface area contributed by atoms with Gasteiger partial charge >= 0.3 is 0 Å². The molecular formula is C11H11ClN2O. The SMILES string of the molecule is Cn1cc(C(O)c2ccc(Cl)cc2)cn1. The first kappa shape index (κ1) is 10.2. The fourth-order valence-corrected chi connectivity index (χ4v) is 1.54. The lowest BCUT2D eigenvalue weighted by molar-refractivity contribution is 0.220. The molecule has 0 spiro atoms. The van der Waals surface area contributed by atoms with Crippen molar-refractivity contribution in [1.29, 1.82) is 0 Å². The number of nitrogens with zero attached hydrogens (tertiary/aromatic N) is 2. The molecule has 4 heteroatoms. The fraction of sp³-hybridized carbons (Fsp3) is 0.182. The second-order valence-corrected chi connectivity index (χ2v) is 3.84. The second kappa shape index (κ2) is 4.04. The topological polar surface area (TPSA) is 38.0 Å². The summed E-state index contributed by atoms with van der Waals surface area (Å²) in [6, 6.07) is 7.13. The normalized spacial score (nSPS) is 12.7. The maximum absolute atomic E-state index is 10.00. The van der Waals surface area contributed by atoms with E-state index >= 15 is 0 Å². The number of aliphatic hydroxyl groups is 1. The van der Waals surface area contributed by atoms with Gasteiger partial charge in [0.05, 0.1) is 6.20 Å². The summed E-state index contributed by atoms with van der Waals surface area (Å²) in [4.78, 5) is 0. The molecule has 1 aromatic carbocycles. The Balaban J connectivity index is 2.28. The van der Waals surface area contributed by atoms with E-state index in [1.165, 1.54) is 0 Å². The molecule has 15 heavy (non-hydrogen) atoms. The summed E-state index contributed by atoms with van der Waals surface area (Å²) in [5.74, 6) is 0. The van der Waals surface area contributed by atoms with Crippen LogP contribution in [0.4, 0.5) is 0 Å². The molecule has 0 radical (unpaired) electrons. The number of aliphatic hydroxyl groups excluding tert-OH is 1. The molecule has 0 aliphatic heterocycles. The van der Waals surface area contributed by atoms with Crippen LogP contribution in [0.25, 0.3) is 0 Å². The molecule has 78 valence electrons. The number of hydrogen-bond acceptors (Lipinski definition) is 2. The van der Waals surface area contributed by atoms with Crippen molar-refractivity contribution in [2.45, 2.75) is 6.10 Å².